The summed E-state index contributed by atoms with van der Waals surface area (Å²) < 4.78 is 43.7. The van der Waals surface area contributed by atoms with Gasteiger partial charge in [0.05, 0.1) is 11.8 Å². The van der Waals surface area contributed by atoms with Gasteiger partial charge in [-0.25, -0.2) is 9.37 Å². The van der Waals surface area contributed by atoms with Crippen molar-refractivity contribution in [3.63, 3.8) is 0 Å². The second-order valence-electron chi connectivity index (χ2n) is 2.52. The highest BCUT2D eigenvalue weighted by molar-refractivity contribution is 7.17. The van der Waals surface area contributed by atoms with Gasteiger partial charge in [0.1, 0.15) is 5.52 Å². The lowest BCUT2D eigenvalue weighted by Crippen LogP contribution is -1.92. The average molecular weight is 219 g/mol. The van der Waals surface area contributed by atoms with Gasteiger partial charge in [0.25, 0.3) is 5.26 Å². The summed E-state index contributed by atoms with van der Waals surface area (Å²) in [5.74, 6) is -2.58. The summed E-state index contributed by atoms with van der Waals surface area (Å²) >= 11 is 0.640. The van der Waals surface area contributed by atoms with Gasteiger partial charge >= 0.3 is 0 Å². The van der Waals surface area contributed by atoms with E-state index < -0.39 is 16.9 Å². The fraction of sp³-hybridized carbons (Fsp3) is 0.125. The van der Waals surface area contributed by atoms with Gasteiger partial charge in [-0.15, -0.1) is 0 Å². The molecule has 0 saturated heterocycles. The molecule has 1 aromatic heterocycles. The second kappa shape index (κ2) is 3.13. The number of rotatable bonds is 1. The Kier molecular flexibility index (Phi) is 2.07. The van der Waals surface area contributed by atoms with E-state index in [9.17, 15) is 13.2 Å². The molecule has 1 heterocycles. The molecule has 0 saturated carbocycles. The first-order chi connectivity index (χ1) is 6.63. The van der Waals surface area contributed by atoms with Crippen LogP contribution in [0.1, 0.15) is 0 Å². The summed E-state index contributed by atoms with van der Waals surface area (Å²) in [4.78, 5) is 3.23. The van der Waals surface area contributed by atoms with Crippen molar-refractivity contribution in [2.75, 3.05) is 7.11 Å². The molecule has 14 heavy (non-hydrogen) atoms. The fourth-order valence-corrected chi connectivity index (χ4v) is 1.82. The molecular formula is C8H4F3NOS. The molecule has 0 N–H and O–H groups in total. The third-order valence-electron chi connectivity index (χ3n) is 1.73. The molecule has 0 aliphatic heterocycles. The number of hydrogen-bond donors (Lipinski definition) is 0. The van der Waals surface area contributed by atoms with Crippen LogP contribution in [0, 0.1) is 16.9 Å². The van der Waals surface area contributed by atoms with E-state index in [4.69, 9.17) is 0 Å². The predicted molar refractivity (Wildman–Crippen MR) is 46.0 cm³/mol. The molecule has 0 aliphatic rings. The molecule has 1 aromatic carbocycles. The first kappa shape index (κ1) is 9.26. The van der Waals surface area contributed by atoms with Crippen LogP contribution in [-0.4, -0.2) is 12.1 Å². The molecule has 2 rings (SSSR count). The van der Waals surface area contributed by atoms with E-state index in [2.05, 4.69) is 9.72 Å². The molecule has 0 aliphatic carbocycles. The summed E-state index contributed by atoms with van der Waals surface area (Å²) in [5.41, 5.74) is -0.300. The molecule has 6 heteroatoms. The Labute approximate surface area is 80.9 Å². The molecule has 0 bridgehead atoms. The van der Waals surface area contributed by atoms with E-state index in [0.717, 1.165) is 0 Å². The highest BCUT2D eigenvalue weighted by atomic mass is 32.1. The van der Waals surface area contributed by atoms with Gasteiger partial charge in [-0.05, 0) is 0 Å². The van der Waals surface area contributed by atoms with Crippen LogP contribution in [0.15, 0.2) is 6.07 Å². The van der Waals surface area contributed by atoms with Crippen molar-refractivity contribution in [1.82, 2.24) is 4.98 Å². The predicted octanol–water partition coefficient (Wildman–Crippen LogP) is 2.72. The quantitative estimate of drug-likeness (QED) is 0.735. The Morgan fingerprint density at radius 1 is 1.29 bits per heavy atom. The third kappa shape index (κ3) is 1.22. The van der Waals surface area contributed by atoms with Crippen LogP contribution in [-0.2, 0) is 0 Å². The van der Waals surface area contributed by atoms with E-state index >= 15 is 0 Å². The van der Waals surface area contributed by atoms with E-state index in [-0.39, 0.29) is 16.0 Å². The van der Waals surface area contributed by atoms with Gasteiger partial charge in [-0.3, -0.25) is 0 Å². The lowest BCUT2D eigenvalue weighted by atomic mass is 10.3. The molecule has 0 unspecified atom stereocenters. The molecule has 0 amide bonds. The minimum Gasteiger partial charge on any atom is -0.494 e. The highest BCUT2D eigenvalue weighted by Gasteiger charge is 2.17. The maximum Gasteiger partial charge on any atom is 0.270 e. The lowest BCUT2D eigenvalue weighted by molar-refractivity contribution is 0.374. The Bertz CT molecular complexity index is 497. The first-order valence-corrected chi connectivity index (χ1v) is 4.43. The van der Waals surface area contributed by atoms with Crippen LogP contribution in [0.25, 0.3) is 10.2 Å². The number of fused-ring (bicyclic) bond motifs is 1. The minimum atomic E-state index is -1.18. The number of nitrogens with zero attached hydrogens (tertiary/aromatic N) is 1. The lowest BCUT2D eigenvalue weighted by Gasteiger charge is -2.01. The number of benzene rings is 1. The molecule has 2 aromatic rings. The monoisotopic (exact) mass is 219 g/mol. The van der Waals surface area contributed by atoms with Crippen LogP contribution in [0.3, 0.4) is 0 Å². The van der Waals surface area contributed by atoms with Crippen molar-refractivity contribution < 1.29 is 17.9 Å². The Morgan fingerprint density at radius 3 is 2.64 bits per heavy atom. The van der Waals surface area contributed by atoms with Gasteiger partial charge in [0, 0.05) is 6.07 Å². The van der Waals surface area contributed by atoms with Gasteiger partial charge in [0.15, 0.2) is 11.6 Å². The summed E-state index contributed by atoms with van der Waals surface area (Å²) in [6, 6.07) is 1.22. The zero-order valence-electron chi connectivity index (χ0n) is 6.97. The van der Waals surface area contributed by atoms with Crippen LogP contribution < -0.4 is 4.74 Å². The van der Waals surface area contributed by atoms with Gasteiger partial charge in [-0.1, -0.05) is 11.3 Å². The molecule has 2 nitrogen and oxygen atoms in total. The normalized spacial score (nSPS) is 10.9. The number of methoxy groups -OCH3 is 1. The molecule has 0 spiro atoms. The second-order valence-corrected chi connectivity index (χ2v) is 3.50. The van der Waals surface area contributed by atoms with E-state index in [1.165, 1.54) is 13.2 Å². The van der Waals surface area contributed by atoms with Crippen molar-refractivity contribution in [1.29, 1.82) is 0 Å². The molecule has 0 atom stereocenters. The van der Waals surface area contributed by atoms with E-state index in [1.807, 2.05) is 0 Å². The van der Waals surface area contributed by atoms with Gasteiger partial charge < -0.3 is 4.74 Å². The molecular weight excluding hydrogens is 215 g/mol. The Balaban J connectivity index is 2.84. The fourth-order valence-electron chi connectivity index (χ4n) is 1.10. The largest absolute Gasteiger partial charge is 0.494 e. The van der Waals surface area contributed by atoms with E-state index in [1.54, 1.807) is 0 Å². The van der Waals surface area contributed by atoms with Crippen molar-refractivity contribution in [2.45, 2.75) is 0 Å². The molecule has 0 fully saturated rings. The maximum absolute atomic E-state index is 13.2. The standard InChI is InChI=1S/C8H4F3NOS/c1-13-3-2-4-7(6(10)5(3)9)12-8(11)14-4/h2H,1H3. The van der Waals surface area contributed by atoms with Crippen LogP contribution in [0.5, 0.6) is 5.75 Å². The maximum atomic E-state index is 13.2. The summed E-state index contributed by atoms with van der Waals surface area (Å²) in [6.07, 6.45) is 0. The number of ether oxygens (including phenoxy) is 1. The molecule has 74 valence electrons. The average Bonchev–Trinajstić information content (AvgIpc) is 2.52. The van der Waals surface area contributed by atoms with Crippen LogP contribution >= 0.6 is 11.3 Å². The Morgan fingerprint density at radius 2 is 2.00 bits per heavy atom. The highest BCUT2D eigenvalue weighted by Crippen LogP contribution is 2.31. The number of thiazole rings is 1. The van der Waals surface area contributed by atoms with Crippen molar-refractivity contribution in [3.8, 4) is 5.75 Å². The summed E-state index contributed by atoms with van der Waals surface area (Å²) in [6.45, 7) is 0. The van der Waals surface area contributed by atoms with Crippen LogP contribution in [0.2, 0.25) is 0 Å². The topological polar surface area (TPSA) is 22.1 Å². The van der Waals surface area contributed by atoms with Crippen molar-refractivity contribution >= 4 is 21.6 Å². The zero-order valence-corrected chi connectivity index (χ0v) is 7.79. The number of hydrogen-bond acceptors (Lipinski definition) is 3. The molecule has 0 radical (unpaired) electrons. The first-order valence-electron chi connectivity index (χ1n) is 3.61. The summed E-state index contributed by atoms with van der Waals surface area (Å²) in [7, 11) is 1.21. The van der Waals surface area contributed by atoms with Crippen molar-refractivity contribution in [3.05, 3.63) is 23.0 Å². The smallest absolute Gasteiger partial charge is 0.270 e. The van der Waals surface area contributed by atoms with E-state index in [0.29, 0.717) is 11.3 Å². The SMILES string of the molecule is COc1cc2sc(F)nc2c(F)c1F. The number of halogens is 3. The van der Waals surface area contributed by atoms with Gasteiger partial charge in [0.2, 0.25) is 5.82 Å². The third-order valence-corrected chi connectivity index (χ3v) is 2.52. The van der Waals surface area contributed by atoms with Gasteiger partial charge in [-0.2, -0.15) is 8.78 Å². The number of aromatic nitrogens is 1. The van der Waals surface area contributed by atoms with Crippen LogP contribution in [0.4, 0.5) is 13.2 Å². The Hall–Kier alpha value is -1.30. The summed E-state index contributed by atoms with van der Waals surface area (Å²) in [5, 5.41) is -0.799. The minimum absolute atomic E-state index is 0.221. The van der Waals surface area contributed by atoms with Crippen molar-refractivity contribution in [2.24, 2.45) is 0 Å². The zero-order chi connectivity index (χ0) is 10.3.